The molecule has 0 saturated heterocycles. The van der Waals surface area contributed by atoms with Crippen molar-refractivity contribution in [2.24, 2.45) is 0 Å². The van der Waals surface area contributed by atoms with Crippen LogP contribution in [-0.4, -0.2) is 28.2 Å². The number of pyridine rings is 1. The summed E-state index contributed by atoms with van der Waals surface area (Å²) in [7, 11) is 0. The van der Waals surface area contributed by atoms with Crippen LogP contribution in [0.2, 0.25) is 0 Å². The van der Waals surface area contributed by atoms with Crippen LogP contribution < -0.4 is 5.56 Å². The highest BCUT2D eigenvalue weighted by molar-refractivity contribution is 9.10. The molecule has 0 fully saturated rings. The van der Waals surface area contributed by atoms with Gasteiger partial charge in [0.25, 0.3) is 5.56 Å². The molecule has 0 atom stereocenters. The third-order valence-electron chi connectivity index (χ3n) is 4.12. The molecule has 0 unspecified atom stereocenters. The molecule has 2 aromatic rings. The Morgan fingerprint density at radius 2 is 2.04 bits per heavy atom. The molecule has 1 heterocycles. The third-order valence-corrected chi connectivity index (χ3v) is 4.81. The maximum atomic E-state index is 13.0. The van der Waals surface area contributed by atoms with E-state index in [1.165, 1.54) is 6.92 Å². The Kier molecular flexibility index (Phi) is 6.94. The van der Waals surface area contributed by atoms with Gasteiger partial charge < -0.3 is 9.84 Å². The number of hydrogen-bond acceptors (Lipinski definition) is 5. The van der Waals surface area contributed by atoms with Crippen molar-refractivity contribution in [3.05, 3.63) is 61.3 Å². The molecule has 1 N–H and O–H groups in total. The zero-order valence-corrected chi connectivity index (χ0v) is 17.0. The number of ether oxygens (including phenoxy) is 1. The number of nitriles is 1. The van der Waals surface area contributed by atoms with E-state index >= 15 is 0 Å². The summed E-state index contributed by atoms with van der Waals surface area (Å²) in [6, 6.07) is 8.66. The van der Waals surface area contributed by atoms with Crippen LogP contribution in [0, 0.1) is 18.3 Å². The number of aromatic hydroxyl groups is 1. The van der Waals surface area contributed by atoms with Crippen molar-refractivity contribution in [3.8, 4) is 11.9 Å². The van der Waals surface area contributed by atoms with E-state index in [2.05, 4.69) is 15.9 Å². The van der Waals surface area contributed by atoms with E-state index < -0.39 is 17.2 Å². The van der Waals surface area contributed by atoms with Gasteiger partial charge in [0.15, 0.2) is 5.78 Å². The van der Waals surface area contributed by atoms with Crippen molar-refractivity contribution < 1.29 is 14.6 Å². The molecular formula is C20H21BrN2O4. The van der Waals surface area contributed by atoms with E-state index in [1.807, 2.05) is 19.9 Å². The van der Waals surface area contributed by atoms with Gasteiger partial charge in [-0.05, 0) is 44.9 Å². The van der Waals surface area contributed by atoms with Crippen LogP contribution in [0.1, 0.15) is 47.3 Å². The van der Waals surface area contributed by atoms with Gasteiger partial charge >= 0.3 is 0 Å². The van der Waals surface area contributed by atoms with E-state index in [0.717, 1.165) is 4.57 Å². The van der Waals surface area contributed by atoms with Gasteiger partial charge in [-0.2, -0.15) is 5.26 Å². The topological polar surface area (TPSA) is 92.3 Å². The molecule has 0 bridgehead atoms. The highest BCUT2D eigenvalue weighted by atomic mass is 79.9. The van der Waals surface area contributed by atoms with Gasteiger partial charge in [-0.15, -0.1) is 0 Å². The Hall–Kier alpha value is -2.43. The number of carbonyl (C=O) groups excluding carboxylic acids is 1. The minimum atomic E-state index is -0.610. The molecule has 0 saturated carbocycles. The first kappa shape index (κ1) is 20.9. The summed E-state index contributed by atoms with van der Waals surface area (Å²) in [5.41, 5.74) is -0.278. The zero-order chi connectivity index (χ0) is 20.1. The van der Waals surface area contributed by atoms with E-state index in [4.69, 9.17) is 4.74 Å². The molecule has 0 aliphatic rings. The fourth-order valence-corrected chi connectivity index (χ4v) is 3.22. The Balaban J connectivity index is 2.53. The van der Waals surface area contributed by atoms with Crippen molar-refractivity contribution in [1.29, 1.82) is 5.26 Å². The quantitative estimate of drug-likeness (QED) is 0.533. The smallest absolute Gasteiger partial charge is 0.271 e. The molecule has 27 heavy (non-hydrogen) atoms. The van der Waals surface area contributed by atoms with Gasteiger partial charge in [0, 0.05) is 23.2 Å². The number of ketones is 1. The number of rotatable bonds is 7. The predicted octanol–water partition coefficient (Wildman–Crippen LogP) is 3.54. The molecular weight excluding hydrogens is 412 g/mol. The van der Waals surface area contributed by atoms with E-state index in [-0.39, 0.29) is 29.3 Å². The van der Waals surface area contributed by atoms with Gasteiger partial charge in [-0.3, -0.25) is 14.2 Å². The summed E-state index contributed by atoms with van der Waals surface area (Å²) in [5, 5.41) is 20.1. The average molecular weight is 433 g/mol. The maximum absolute atomic E-state index is 13.0. The Labute approximate surface area is 166 Å². The second-order valence-corrected chi connectivity index (χ2v) is 7.20. The molecule has 7 heteroatoms. The Bertz CT molecular complexity index is 958. The van der Waals surface area contributed by atoms with Crippen LogP contribution in [0.15, 0.2) is 33.5 Å². The van der Waals surface area contributed by atoms with Crippen LogP contribution in [0.3, 0.4) is 0 Å². The van der Waals surface area contributed by atoms with Crippen molar-refractivity contribution >= 4 is 21.7 Å². The largest absolute Gasteiger partial charge is 0.494 e. The lowest BCUT2D eigenvalue weighted by atomic mass is 9.97. The number of halogens is 1. The minimum Gasteiger partial charge on any atom is -0.494 e. The summed E-state index contributed by atoms with van der Waals surface area (Å²) in [5.74, 6) is -0.886. The zero-order valence-electron chi connectivity index (χ0n) is 15.5. The summed E-state index contributed by atoms with van der Waals surface area (Å²) in [4.78, 5) is 25.6. The molecule has 2 rings (SSSR count). The van der Waals surface area contributed by atoms with Crippen LogP contribution >= 0.6 is 15.9 Å². The predicted molar refractivity (Wildman–Crippen MR) is 105 cm³/mol. The monoisotopic (exact) mass is 432 g/mol. The highest BCUT2D eigenvalue weighted by Gasteiger charge is 2.25. The lowest BCUT2D eigenvalue weighted by molar-refractivity contribution is 0.0743. The van der Waals surface area contributed by atoms with Crippen molar-refractivity contribution in [3.63, 3.8) is 0 Å². The number of aromatic nitrogens is 1. The van der Waals surface area contributed by atoms with Crippen LogP contribution in [0.25, 0.3) is 0 Å². The van der Waals surface area contributed by atoms with Gasteiger partial charge in [-0.25, -0.2) is 0 Å². The maximum Gasteiger partial charge on any atom is 0.271 e. The molecule has 0 aliphatic heterocycles. The number of hydrogen-bond donors (Lipinski definition) is 1. The second kappa shape index (κ2) is 8.98. The lowest BCUT2D eigenvalue weighted by Crippen LogP contribution is -2.27. The fraction of sp³-hybridized carbons (Fsp3) is 0.350. The molecule has 0 amide bonds. The first-order valence-electron chi connectivity index (χ1n) is 8.56. The second-order valence-electron chi connectivity index (χ2n) is 6.35. The number of nitrogens with zero attached hydrogens (tertiary/aromatic N) is 2. The van der Waals surface area contributed by atoms with E-state index in [0.29, 0.717) is 23.1 Å². The Morgan fingerprint density at radius 1 is 1.37 bits per heavy atom. The van der Waals surface area contributed by atoms with E-state index in [9.17, 15) is 20.0 Å². The van der Waals surface area contributed by atoms with Crippen molar-refractivity contribution in [1.82, 2.24) is 4.57 Å². The van der Waals surface area contributed by atoms with Crippen molar-refractivity contribution in [2.75, 3.05) is 6.61 Å². The third kappa shape index (κ3) is 4.46. The summed E-state index contributed by atoms with van der Waals surface area (Å²) in [6.45, 7) is 5.83. The first-order valence-corrected chi connectivity index (χ1v) is 9.36. The molecule has 1 aromatic carbocycles. The molecule has 0 spiro atoms. The first-order chi connectivity index (χ1) is 12.8. The summed E-state index contributed by atoms with van der Waals surface area (Å²) >= 11 is 3.32. The summed E-state index contributed by atoms with van der Waals surface area (Å²) in [6.07, 6.45) is 0.512. The summed E-state index contributed by atoms with van der Waals surface area (Å²) < 4.78 is 7.09. The van der Waals surface area contributed by atoms with Crippen LogP contribution in [-0.2, 0) is 11.3 Å². The minimum absolute atomic E-state index is 0.0390. The van der Waals surface area contributed by atoms with E-state index in [1.54, 1.807) is 24.3 Å². The standard InChI is InChI=1S/C20H21BrN2O4/c1-12(2)27-10-6-9-23-19(25)15(11-22)13(3)17(20(23)26)18(24)14-7-4-5-8-16(14)21/h4-5,7-8,12,26H,6,9-10H2,1-3H3. The fourth-order valence-electron chi connectivity index (χ4n) is 2.75. The van der Waals surface area contributed by atoms with Gasteiger partial charge in [0.05, 0.1) is 11.7 Å². The van der Waals surface area contributed by atoms with Crippen LogP contribution in [0.4, 0.5) is 0 Å². The number of carbonyl (C=O) groups is 1. The lowest BCUT2D eigenvalue weighted by Gasteiger charge is -2.16. The number of benzene rings is 1. The molecule has 6 nitrogen and oxygen atoms in total. The van der Waals surface area contributed by atoms with Gasteiger partial charge in [0.2, 0.25) is 5.88 Å². The Morgan fingerprint density at radius 3 is 2.63 bits per heavy atom. The van der Waals surface area contributed by atoms with Gasteiger partial charge in [0.1, 0.15) is 11.6 Å². The molecule has 1 aromatic heterocycles. The molecule has 142 valence electrons. The van der Waals surface area contributed by atoms with Crippen LogP contribution in [0.5, 0.6) is 5.88 Å². The normalized spacial score (nSPS) is 10.8. The SMILES string of the molecule is Cc1c(C(=O)c2ccccc2Br)c(O)n(CCCOC(C)C)c(=O)c1C#N. The average Bonchev–Trinajstić information content (AvgIpc) is 2.61. The highest BCUT2D eigenvalue weighted by Crippen LogP contribution is 2.28. The van der Waals surface area contributed by atoms with Gasteiger partial charge in [-0.1, -0.05) is 28.1 Å². The molecule has 0 aliphatic carbocycles. The van der Waals surface area contributed by atoms with Crippen molar-refractivity contribution in [2.45, 2.75) is 39.8 Å². The molecule has 0 radical (unpaired) electrons.